The van der Waals surface area contributed by atoms with Gasteiger partial charge in [-0.25, -0.2) is 9.59 Å². The van der Waals surface area contributed by atoms with Crippen LogP contribution in [0.25, 0.3) is 0 Å². The number of carbonyl (C=O) groups excluding carboxylic acids is 2. The molecule has 3 amide bonds. The van der Waals surface area contributed by atoms with Crippen molar-refractivity contribution in [3.05, 3.63) is 28.3 Å². The van der Waals surface area contributed by atoms with E-state index in [1.165, 1.54) is 6.92 Å². The highest BCUT2D eigenvalue weighted by Crippen LogP contribution is 2.37. The van der Waals surface area contributed by atoms with Crippen molar-refractivity contribution < 1.29 is 27.5 Å². The molecule has 0 saturated carbocycles. The molecule has 1 aromatic rings. The van der Waals surface area contributed by atoms with Crippen LogP contribution in [-0.4, -0.2) is 42.3 Å². The van der Waals surface area contributed by atoms with E-state index in [4.69, 9.17) is 16.3 Å². The number of alkyl halides is 3. The first-order valence-electron chi connectivity index (χ1n) is 9.87. The fourth-order valence-corrected chi connectivity index (χ4v) is 3.13. The molecule has 1 aliphatic rings. The van der Waals surface area contributed by atoms with Gasteiger partial charge >= 0.3 is 18.3 Å². The molecular weight excluding hydrogens is 423 g/mol. The Bertz CT molecular complexity index is 734. The Morgan fingerprint density at radius 2 is 1.77 bits per heavy atom. The van der Waals surface area contributed by atoms with E-state index in [0.717, 1.165) is 12.1 Å². The van der Waals surface area contributed by atoms with Crippen molar-refractivity contribution in [1.82, 2.24) is 10.2 Å². The minimum Gasteiger partial charge on any atom is -0.447 e. The van der Waals surface area contributed by atoms with Gasteiger partial charge in [-0.05, 0) is 51.3 Å². The lowest BCUT2D eigenvalue weighted by Gasteiger charge is -2.32. The summed E-state index contributed by atoms with van der Waals surface area (Å²) in [6.45, 7) is 9.89. The molecule has 0 aromatic heterocycles. The maximum atomic E-state index is 12.9. The lowest BCUT2D eigenvalue weighted by molar-refractivity contribution is -0.137. The van der Waals surface area contributed by atoms with Crippen molar-refractivity contribution in [2.24, 2.45) is 0 Å². The smallest absolute Gasteiger partial charge is 0.417 e. The number of amides is 3. The molecule has 0 unspecified atom stereocenters. The second kappa shape index (κ2) is 11.3. The monoisotopic (exact) mass is 451 g/mol. The summed E-state index contributed by atoms with van der Waals surface area (Å²) >= 11 is 5.70. The van der Waals surface area contributed by atoms with E-state index in [1.54, 1.807) is 18.7 Å². The zero-order valence-corrected chi connectivity index (χ0v) is 18.6. The highest BCUT2D eigenvalue weighted by molar-refractivity contribution is 6.31. The van der Waals surface area contributed by atoms with Crippen LogP contribution in [0.3, 0.4) is 0 Å². The fourth-order valence-electron chi connectivity index (χ4n) is 2.86. The van der Waals surface area contributed by atoms with Crippen LogP contribution in [0, 0.1) is 6.92 Å². The molecule has 2 rings (SSSR count). The quantitative estimate of drug-likeness (QED) is 0.607. The van der Waals surface area contributed by atoms with Crippen molar-refractivity contribution in [2.75, 3.05) is 18.4 Å². The number of nitrogens with zero attached hydrogens (tertiary/aromatic N) is 1. The van der Waals surface area contributed by atoms with Crippen LogP contribution in [0.5, 0.6) is 0 Å². The second-order valence-corrected chi connectivity index (χ2v) is 7.34. The van der Waals surface area contributed by atoms with Crippen LogP contribution >= 0.6 is 11.6 Å². The Morgan fingerprint density at radius 3 is 2.27 bits per heavy atom. The molecule has 1 heterocycles. The topological polar surface area (TPSA) is 70.7 Å². The standard InChI is InChI=1S/C18H23ClF3N3O3.C2H6/c1-10(2)28-17(27)25-6-4-12(5-7-25)23-16(26)24-15-9-14(19)13(8-11(15)3)18(20,21)22;1-2/h8-10,12H,4-7H2,1-3H3,(H2,23,24,26);1-2H3. The molecule has 30 heavy (non-hydrogen) atoms. The van der Waals surface area contributed by atoms with Crippen LogP contribution in [0.15, 0.2) is 12.1 Å². The van der Waals surface area contributed by atoms with Crippen molar-refractivity contribution >= 4 is 29.4 Å². The number of aryl methyl sites for hydroxylation is 1. The molecule has 1 aliphatic heterocycles. The third-order valence-electron chi connectivity index (χ3n) is 4.29. The van der Waals surface area contributed by atoms with Crippen molar-refractivity contribution in [1.29, 1.82) is 0 Å². The van der Waals surface area contributed by atoms with Gasteiger partial charge in [0.15, 0.2) is 0 Å². The Labute approximate surface area is 180 Å². The fraction of sp³-hybridized carbons (Fsp3) is 0.600. The molecule has 0 bridgehead atoms. The Balaban J connectivity index is 0.00000218. The SMILES string of the molecule is CC.Cc1cc(C(F)(F)F)c(Cl)cc1NC(=O)NC1CCN(C(=O)OC(C)C)CC1. The molecule has 1 fully saturated rings. The molecule has 0 atom stereocenters. The predicted octanol–water partition coefficient (Wildman–Crippen LogP) is 5.82. The van der Waals surface area contributed by atoms with E-state index in [1.807, 2.05) is 13.8 Å². The summed E-state index contributed by atoms with van der Waals surface area (Å²) in [6.07, 6.45) is -4.05. The number of rotatable bonds is 3. The largest absolute Gasteiger partial charge is 0.447 e. The van der Waals surface area contributed by atoms with Gasteiger partial charge in [-0.3, -0.25) is 0 Å². The van der Waals surface area contributed by atoms with Crippen LogP contribution in [-0.2, 0) is 10.9 Å². The highest BCUT2D eigenvalue weighted by atomic mass is 35.5. The molecule has 2 N–H and O–H groups in total. The lowest BCUT2D eigenvalue weighted by Crippen LogP contribution is -2.48. The van der Waals surface area contributed by atoms with Crippen LogP contribution < -0.4 is 10.6 Å². The molecule has 170 valence electrons. The second-order valence-electron chi connectivity index (χ2n) is 6.94. The number of carbonyl (C=O) groups is 2. The number of likely N-dealkylation sites (tertiary alicyclic amines) is 1. The average Bonchev–Trinajstić information content (AvgIpc) is 2.65. The van der Waals surface area contributed by atoms with Crippen molar-refractivity contribution in [3.8, 4) is 0 Å². The van der Waals surface area contributed by atoms with Crippen molar-refractivity contribution in [2.45, 2.75) is 65.8 Å². The van der Waals surface area contributed by atoms with Crippen LogP contribution in [0.2, 0.25) is 5.02 Å². The van der Waals surface area contributed by atoms with Gasteiger partial charge in [0.25, 0.3) is 0 Å². The van der Waals surface area contributed by atoms with Gasteiger partial charge in [0, 0.05) is 24.8 Å². The minimum atomic E-state index is -4.56. The van der Waals surface area contributed by atoms with Gasteiger partial charge in [0.2, 0.25) is 0 Å². The summed E-state index contributed by atoms with van der Waals surface area (Å²) in [7, 11) is 0. The summed E-state index contributed by atoms with van der Waals surface area (Å²) in [5.41, 5.74) is -0.496. The number of benzene rings is 1. The van der Waals surface area contributed by atoms with E-state index < -0.39 is 22.8 Å². The minimum absolute atomic E-state index is 0.159. The number of piperidine rings is 1. The van der Waals surface area contributed by atoms with Gasteiger partial charge in [-0.1, -0.05) is 25.4 Å². The Kier molecular flexibility index (Phi) is 9.74. The molecule has 10 heteroatoms. The maximum absolute atomic E-state index is 12.9. The Hall–Kier alpha value is -2.16. The highest BCUT2D eigenvalue weighted by Gasteiger charge is 2.34. The molecule has 1 aromatic carbocycles. The van der Waals surface area contributed by atoms with Gasteiger partial charge in [0.05, 0.1) is 16.7 Å². The predicted molar refractivity (Wildman–Crippen MR) is 111 cm³/mol. The molecular formula is C20H29ClF3N3O3. The summed E-state index contributed by atoms with van der Waals surface area (Å²) in [6, 6.07) is 1.29. The number of halogens is 4. The number of urea groups is 1. The number of nitrogens with one attached hydrogen (secondary N) is 2. The van der Waals surface area contributed by atoms with E-state index in [0.29, 0.717) is 25.9 Å². The first-order valence-corrected chi connectivity index (χ1v) is 10.3. The normalized spacial score (nSPS) is 14.7. The summed E-state index contributed by atoms with van der Waals surface area (Å²) < 4.78 is 43.7. The van der Waals surface area contributed by atoms with Gasteiger partial charge in [-0.2, -0.15) is 13.2 Å². The van der Waals surface area contributed by atoms with Crippen LogP contribution in [0.1, 0.15) is 51.7 Å². The van der Waals surface area contributed by atoms with E-state index in [9.17, 15) is 22.8 Å². The third-order valence-corrected chi connectivity index (χ3v) is 4.61. The molecule has 6 nitrogen and oxygen atoms in total. The number of hydrogen-bond donors (Lipinski definition) is 2. The first kappa shape index (κ1) is 25.9. The molecule has 0 radical (unpaired) electrons. The van der Waals surface area contributed by atoms with E-state index in [2.05, 4.69) is 10.6 Å². The van der Waals surface area contributed by atoms with E-state index >= 15 is 0 Å². The molecule has 0 spiro atoms. The number of anilines is 1. The molecule has 1 saturated heterocycles. The van der Waals surface area contributed by atoms with Gasteiger partial charge in [0.1, 0.15) is 0 Å². The van der Waals surface area contributed by atoms with Gasteiger partial charge in [-0.15, -0.1) is 0 Å². The lowest BCUT2D eigenvalue weighted by atomic mass is 10.1. The summed E-state index contributed by atoms with van der Waals surface area (Å²) in [5.74, 6) is 0. The summed E-state index contributed by atoms with van der Waals surface area (Å²) in [4.78, 5) is 25.6. The summed E-state index contributed by atoms with van der Waals surface area (Å²) in [5, 5.41) is 4.81. The van der Waals surface area contributed by atoms with Crippen molar-refractivity contribution in [3.63, 3.8) is 0 Å². The molecule has 0 aliphatic carbocycles. The number of hydrogen-bond acceptors (Lipinski definition) is 3. The van der Waals surface area contributed by atoms with Gasteiger partial charge < -0.3 is 20.3 Å². The third kappa shape index (κ3) is 7.59. The van der Waals surface area contributed by atoms with E-state index in [-0.39, 0.29) is 29.5 Å². The Morgan fingerprint density at radius 1 is 1.20 bits per heavy atom. The maximum Gasteiger partial charge on any atom is 0.417 e. The zero-order valence-electron chi connectivity index (χ0n) is 17.8. The number of ether oxygens (including phenoxy) is 1. The zero-order chi connectivity index (χ0) is 23.1. The average molecular weight is 452 g/mol. The first-order chi connectivity index (χ1) is 14.0. The van der Waals surface area contributed by atoms with Crippen LogP contribution in [0.4, 0.5) is 28.4 Å².